The van der Waals surface area contributed by atoms with Gasteiger partial charge < -0.3 is 19.9 Å². The third-order valence-corrected chi connectivity index (χ3v) is 4.91. The molecule has 1 saturated heterocycles. The lowest BCUT2D eigenvalue weighted by molar-refractivity contribution is 0.00578. The fourth-order valence-electron chi connectivity index (χ4n) is 2.53. The third kappa shape index (κ3) is 4.56. The van der Waals surface area contributed by atoms with Crippen molar-refractivity contribution in [3.63, 3.8) is 0 Å². The van der Waals surface area contributed by atoms with Crippen molar-refractivity contribution in [2.45, 2.75) is 66.6 Å². The molecule has 2 rings (SSSR count). The Morgan fingerprint density at radius 2 is 1.68 bits per heavy atom. The van der Waals surface area contributed by atoms with Gasteiger partial charge in [-0.25, -0.2) is 4.79 Å². The summed E-state index contributed by atoms with van der Waals surface area (Å²) in [6.07, 6.45) is 0. The van der Waals surface area contributed by atoms with Crippen molar-refractivity contribution in [1.29, 1.82) is 0 Å². The van der Waals surface area contributed by atoms with Crippen LogP contribution in [-0.4, -0.2) is 30.9 Å². The molecule has 2 N–H and O–H groups in total. The predicted octanol–water partition coefficient (Wildman–Crippen LogP) is 3.46. The van der Waals surface area contributed by atoms with Crippen LogP contribution in [0.4, 0.5) is 10.5 Å². The first-order valence-electron chi connectivity index (χ1n) is 8.82. The predicted molar refractivity (Wildman–Crippen MR) is 103 cm³/mol. The Morgan fingerprint density at radius 1 is 1.12 bits per heavy atom. The molecule has 0 aromatic heterocycles. The number of hydrogen-bond acceptors (Lipinski definition) is 3. The van der Waals surface area contributed by atoms with Crippen molar-refractivity contribution < 1.29 is 14.1 Å². The molecule has 1 fully saturated rings. The lowest BCUT2D eigenvalue weighted by atomic mass is 9.76. The number of anilines is 1. The molecule has 1 aromatic rings. The zero-order valence-electron chi connectivity index (χ0n) is 16.7. The molecule has 0 unspecified atom stereocenters. The van der Waals surface area contributed by atoms with Crippen LogP contribution in [0, 0.1) is 12.3 Å². The molecule has 138 valence electrons. The van der Waals surface area contributed by atoms with E-state index in [1.165, 1.54) is 0 Å². The number of carbonyl (C=O) groups excluding carboxylic acids is 1. The Kier molecular flexibility index (Phi) is 5.27. The molecule has 1 aliphatic rings. The monoisotopic (exact) mass is 346 g/mol. The molecule has 5 nitrogen and oxygen atoms in total. The summed E-state index contributed by atoms with van der Waals surface area (Å²) in [6, 6.07) is 5.58. The second kappa shape index (κ2) is 6.65. The smallest absolute Gasteiger partial charge is 0.399 e. The first-order valence-corrected chi connectivity index (χ1v) is 8.82. The topological polar surface area (TPSA) is 59.6 Å². The van der Waals surface area contributed by atoms with Crippen molar-refractivity contribution in [2.75, 3.05) is 11.9 Å². The first-order chi connectivity index (χ1) is 11.3. The molecular formula is C19H31BN2O3. The highest BCUT2D eigenvalue weighted by molar-refractivity contribution is 6.62. The lowest BCUT2D eigenvalue weighted by Gasteiger charge is -2.32. The number of urea groups is 1. The Labute approximate surface area is 152 Å². The van der Waals surface area contributed by atoms with Gasteiger partial charge in [0, 0.05) is 12.2 Å². The molecule has 0 bridgehead atoms. The number of hydrogen-bond donors (Lipinski definition) is 2. The largest absolute Gasteiger partial charge is 0.495 e. The normalized spacial score (nSPS) is 19.0. The Morgan fingerprint density at radius 3 is 2.20 bits per heavy atom. The third-order valence-electron chi connectivity index (χ3n) is 4.91. The standard InChI is InChI=1S/C19H31BN2O3/c1-13-14(20-24-18(5,6)19(7,8)25-20)10-9-11-15(13)22-16(23)21-12-17(2,3)4/h9-11H,12H2,1-8H3,(H2,21,22,23). The quantitative estimate of drug-likeness (QED) is 0.824. The van der Waals surface area contributed by atoms with Crippen LogP contribution in [0.5, 0.6) is 0 Å². The van der Waals surface area contributed by atoms with Gasteiger partial charge >= 0.3 is 13.1 Å². The van der Waals surface area contributed by atoms with Gasteiger partial charge in [-0.15, -0.1) is 0 Å². The van der Waals surface area contributed by atoms with Crippen LogP contribution in [0.15, 0.2) is 18.2 Å². The van der Waals surface area contributed by atoms with E-state index in [1.54, 1.807) is 0 Å². The minimum atomic E-state index is -0.440. The van der Waals surface area contributed by atoms with E-state index >= 15 is 0 Å². The number of nitrogens with one attached hydrogen (secondary N) is 2. The Balaban J connectivity index is 2.14. The number of carbonyl (C=O) groups is 1. The summed E-state index contributed by atoms with van der Waals surface area (Å²) < 4.78 is 12.3. The van der Waals surface area contributed by atoms with Gasteiger partial charge in [-0.2, -0.15) is 0 Å². The fraction of sp³-hybridized carbons (Fsp3) is 0.632. The van der Waals surface area contributed by atoms with Gasteiger partial charge in [-0.1, -0.05) is 32.9 Å². The van der Waals surface area contributed by atoms with Gasteiger partial charge in [0.25, 0.3) is 0 Å². The SMILES string of the molecule is Cc1c(NC(=O)NCC(C)(C)C)cccc1B1OC(C)(C)C(C)(C)O1. The van der Waals surface area contributed by atoms with Crippen molar-refractivity contribution in [1.82, 2.24) is 5.32 Å². The minimum Gasteiger partial charge on any atom is -0.399 e. The van der Waals surface area contributed by atoms with Gasteiger partial charge in [0.2, 0.25) is 0 Å². The van der Waals surface area contributed by atoms with E-state index in [0.717, 1.165) is 16.7 Å². The molecule has 0 atom stereocenters. The van der Waals surface area contributed by atoms with Gasteiger partial charge in [0.15, 0.2) is 0 Å². The molecule has 0 radical (unpaired) electrons. The number of benzene rings is 1. The molecule has 0 spiro atoms. The highest BCUT2D eigenvalue weighted by Gasteiger charge is 2.52. The van der Waals surface area contributed by atoms with Crippen LogP contribution in [0.2, 0.25) is 0 Å². The summed E-state index contributed by atoms with van der Waals surface area (Å²) in [4.78, 5) is 12.2. The van der Waals surface area contributed by atoms with Gasteiger partial charge in [-0.05, 0) is 57.1 Å². The molecule has 0 saturated carbocycles. The van der Waals surface area contributed by atoms with Crippen LogP contribution >= 0.6 is 0 Å². The molecular weight excluding hydrogens is 315 g/mol. The fourth-order valence-corrected chi connectivity index (χ4v) is 2.53. The summed E-state index contributed by atoms with van der Waals surface area (Å²) in [5.74, 6) is 0. The molecule has 25 heavy (non-hydrogen) atoms. The molecule has 2 amide bonds. The zero-order valence-corrected chi connectivity index (χ0v) is 16.7. The van der Waals surface area contributed by atoms with Gasteiger partial charge in [0.1, 0.15) is 0 Å². The Bertz CT molecular complexity index is 635. The van der Waals surface area contributed by atoms with Crippen molar-refractivity contribution in [2.24, 2.45) is 5.41 Å². The van der Waals surface area contributed by atoms with E-state index in [0.29, 0.717) is 6.54 Å². The number of amides is 2. The van der Waals surface area contributed by atoms with Crippen LogP contribution in [0.3, 0.4) is 0 Å². The van der Waals surface area contributed by atoms with Crippen molar-refractivity contribution >= 4 is 24.3 Å². The second-order valence-corrected chi connectivity index (χ2v) is 8.98. The van der Waals surface area contributed by atoms with E-state index in [9.17, 15) is 4.79 Å². The lowest BCUT2D eigenvalue weighted by Crippen LogP contribution is -2.41. The minimum absolute atomic E-state index is 0.0386. The van der Waals surface area contributed by atoms with Gasteiger partial charge in [-0.3, -0.25) is 0 Å². The number of rotatable bonds is 3. The summed E-state index contributed by atoms with van der Waals surface area (Å²) in [7, 11) is -0.440. The van der Waals surface area contributed by atoms with E-state index in [4.69, 9.17) is 9.31 Å². The molecule has 1 heterocycles. The van der Waals surface area contributed by atoms with Crippen LogP contribution in [-0.2, 0) is 9.31 Å². The average molecular weight is 346 g/mol. The van der Waals surface area contributed by atoms with Crippen LogP contribution in [0.25, 0.3) is 0 Å². The maximum atomic E-state index is 12.2. The highest BCUT2D eigenvalue weighted by Crippen LogP contribution is 2.36. The Hall–Kier alpha value is -1.53. The van der Waals surface area contributed by atoms with Crippen LogP contribution < -0.4 is 16.1 Å². The maximum absolute atomic E-state index is 12.2. The average Bonchev–Trinajstić information content (AvgIpc) is 2.66. The van der Waals surface area contributed by atoms with E-state index < -0.39 is 18.3 Å². The van der Waals surface area contributed by atoms with Crippen molar-refractivity contribution in [3.8, 4) is 0 Å². The summed E-state index contributed by atoms with van der Waals surface area (Å²) in [6.45, 7) is 16.9. The van der Waals surface area contributed by atoms with E-state index in [-0.39, 0.29) is 11.4 Å². The van der Waals surface area contributed by atoms with Crippen LogP contribution in [0.1, 0.15) is 54.0 Å². The maximum Gasteiger partial charge on any atom is 0.495 e. The second-order valence-electron chi connectivity index (χ2n) is 8.98. The first kappa shape index (κ1) is 19.8. The van der Waals surface area contributed by atoms with Gasteiger partial charge in [0.05, 0.1) is 11.2 Å². The molecule has 1 aliphatic heterocycles. The summed E-state index contributed by atoms with van der Waals surface area (Å²) >= 11 is 0. The van der Waals surface area contributed by atoms with E-state index in [2.05, 4.69) is 31.4 Å². The molecule has 6 heteroatoms. The zero-order chi connectivity index (χ0) is 19.0. The molecule has 1 aromatic carbocycles. The summed E-state index contributed by atoms with van der Waals surface area (Å²) in [5, 5.41) is 5.83. The molecule has 0 aliphatic carbocycles. The van der Waals surface area contributed by atoms with Crippen molar-refractivity contribution in [3.05, 3.63) is 23.8 Å². The highest BCUT2D eigenvalue weighted by atomic mass is 16.7. The summed E-state index contributed by atoms with van der Waals surface area (Å²) in [5.41, 5.74) is 1.91. The van der Waals surface area contributed by atoms with E-state index in [1.807, 2.05) is 52.8 Å².